The van der Waals surface area contributed by atoms with Gasteiger partial charge in [-0.25, -0.2) is 4.39 Å². The molecule has 20 heavy (non-hydrogen) atoms. The quantitative estimate of drug-likeness (QED) is 0.933. The van der Waals surface area contributed by atoms with Crippen molar-refractivity contribution in [2.75, 3.05) is 5.75 Å². The molecule has 0 bridgehead atoms. The molecule has 5 heteroatoms. The van der Waals surface area contributed by atoms with Gasteiger partial charge in [-0.1, -0.05) is 18.2 Å². The molecule has 1 heterocycles. The number of hydrogen-bond acceptors (Lipinski definition) is 3. The Morgan fingerprint density at radius 2 is 1.95 bits per heavy atom. The predicted molar refractivity (Wildman–Crippen MR) is 74.9 cm³/mol. The van der Waals surface area contributed by atoms with E-state index in [4.69, 9.17) is 9.84 Å². The van der Waals surface area contributed by atoms with E-state index in [0.29, 0.717) is 17.1 Å². The van der Waals surface area contributed by atoms with Gasteiger partial charge >= 0.3 is 5.97 Å². The number of para-hydroxylation sites is 1. The lowest BCUT2D eigenvalue weighted by atomic mass is 10.00. The van der Waals surface area contributed by atoms with Crippen LogP contribution < -0.4 is 4.74 Å². The maximum Gasteiger partial charge on any atom is 0.313 e. The highest BCUT2D eigenvalue weighted by Gasteiger charge is 2.28. The number of benzene rings is 2. The molecule has 3 nitrogen and oxygen atoms in total. The van der Waals surface area contributed by atoms with Gasteiger partial charge in [0.1, 0.15) is 17.3 Å². The molecule has 0 radical (unpaired) electrons. The first kappa shape index (κ1) is 13.0. The van der Waals surface area contributed by atoms with E-state index >= 15 is 0 Å². The molecule has 102 valence electrons. The van der Waals surface area contributed by atoms with Crippen LogP contribution in [-0.4, -0.2) is 16.8 Å². The number of carbonyl (C=O) groups is 1. The van der Waals surface area contributed by atoms with Gasteiger partial charge in [0.25, 0.3) is 0 Å². The maximum absolute atomic E-state index is 13.5. The zero-order chi connectivity index (χ0) is 14.1. The van der Waals surface area contributed by atoms with Crippen molar-refractivity contribution >= 4 is 17.7 Å². The summed E-state index contributed by atoms with van der Waals surface area (Å²) in [5, 5.41) is 8.63. The van der Waals surface area contributed by atoms with Crippen molar-refractivity contribution in [1.82, 2.24) is 0 Å². The van der Waals surface area contributed by atoms with Gasteiger partial charge in [-0.3, -0.25) is 4.79 Å². The third kappa shape index (κ3) is 2.36. The minimum absolute atomic E-state index is 0.0467. The van der Waals surface area contributed by atoms with Crippen molar-refractivity contribution in [3.63, 3.8) is 0 Å². The molecule has 2 aromatic rings. The van der Waals surface area contributed by atoms with Crippen LogP contribution >= 0.6 is 11.8 Å². The van der Waals surface area contributed by atoms with Crippen molar-refractivity contribution in [1.29, 1.82) is 0 Å². The molecule has 1 N–H and O–H groups in total. The highest BCUT2D eigenvalue weighted by Crippen LogP contribution is 2.49. The van der Waals surface area contributed by atoms with E-state index in [2.05, 4.69) is 0 Å². The second kappa shape index (κ2) is 5.17. The van der Waals surface area contributed by atoms with Crippen molar-refractivity contribution in [3.05, 3.63) is 59.4 Å². The number of hydrogen-bond donors (Lipinski definition) is 1. The highest BCUT2D eigenvalue weighted by atomic mass is 32.2. The maximum atomic E-state index is 13.5. The van der Waals surface area contributed by atoms with Crippen molar-refractivity contribution < 1.29 is 19.0 Å². The molecule has 0 saturated heterocycles. The summed E-state index contributed by atoms with van der Waals surface area (Å²) in [5.74, 6) is -0.0262. The van der Waals surface area contributed by atoms with Crippen LogP contribution in [0.25, 0.3) is 0 Å². The normalized spacial score (nSPS) is 15.9. The van der Waals surface area contributed by atoms with E-state index in [1.165, 1.54) is 23.9 Å². The van der Waals surface area contributed by atoms with Crippen LogP contribution in [-0.2, 0) is 4.79 Å². The lowest BCUT2D eigenvalue weighted by Crippen LogP contribution is -2.10. The van der Waals surface area contributed by atoms with Gasteiger partial charge in [0.2, 0.25) is 0 Å². The monoisotopic (exact) mass is 290 g/mol. The standard InChI is InChI=1S/C15H11FO3S/c16-9-5-6-13-11(7-9)15(20-8-14(17)18)10-3-1-2-4-12(10)19-13/h1-7,15H,8H2,(H,17,18)/t15-/m0/s1. The summed E-state index contributed by atoms with van der Waals surface area (Å²) in [7, 11) is 0. The number of carboxylic acids is 1. The summed E-state index contributed by atoms with van der Waals surface area (Å²) in [6, 6.07) is 11.7. The number of rotatable bonds is 3. The Balaban J connectivity index is 2.06. The second-order valence-corrected chi connectivity index (χ2v) is 5.50. The van der Waals surface area contributed by atoms with Gasteiger partial charge in [-0.15, -0.1) is 11.8 Å². The number of ether oxygens (including phenoxy) is 1. The number of fused-ring (bicyclic) bond motifs is 2. The van der Waals surface area contributed by atoms with E-state index in [1.807, 2.05) is 24.3 Å². The third-order valence-corrected chi connectivity index (χ3v) is 4.30. The molecule has 2 aromatic carbocycles. The van der Waals surface area contributed by atoms with Crippen LogP contribution in [0, 0.1) is 5.82 Å². The first-order valence-electron chi connectivity index (χ1n) is 6.05. The smallest absolute Gasteiger partial charge is 0.313 e. The Morgan fingerprint density at radius 3 is 2.75 bits per heavy atom. The van der Waals surface area contributed by atoms with E-state index in [-0.39, 0.29) is 16.8 Å². The Hall–Kier alpha value is -2.01. The molecule has 3 rings (SSSR count). The molecule has 0 saturated carbocycles. The summed E-state index contributed by atoms with van der Waals surface area (Å²) < 4.78 is 19.2. The number of thioether (sulfide) groups is 1. The minimum atomic E-state index is -0.892. The summed E-state index contributed by atoms with van der Waals surface area (Å²) in [6.45, 7) is 0. The van der Waals surface area contributed by atoms with Gasteiger partial charge < -0.3 is 9.84 Å². The summed E-state index contributed by atoms with van der Waals surface area (Å²) >= 11 is 1.25. The van der Waals surface area contributed by atoms with E-state index in [9.17, 15) is 9.18 Å². The molecule has 0 aliphatic carbocycles. The van der Waals surface area contributed by atoms with Crippen molar-refractivity contribution in [3.8, 4) is 11.5 Å². The Morgan fingerprint density at radius 1 is 1.20 bits per heavy atom. The molecule has 0 fully saturated rings. The van der Waals surface area contributed by atoms with Gasteiger partial charge in [0.15, 0.2) is 0 Å². The molecule has 0 unspecified atom stereocenters. The van der Waals surface area contributed by atoms with Crippen LogP contribution in [0.4, 0.5) is 4.39 Å². The van der Waals surface area contributed by atoms with E-state index < -0.39 is 5.97 Å². The Kier molecular flexibility index (Phi) is 3.36. The molecule has 0 spiro atoms. The molecule has 0 aromatic heterocycles. The lowest BCUT2D eigenvalue weighted by Gasteiger charge is -2.27. The van der Waals surface area contributed by atoms with Gasteiger partial charge in [0.05, 0.1) is 11.0 Å². The second-order valence-electron chi connectivity index (χ2n) is 4.41. The van der Waals surface area contributed by atoms with Crippen molar-refractivity contribution in [2.45, 2.75) is 5.25 Å². The molecular formula is C15H11FO3S. The minimum Gasteiger partial charge on any atom is -0.481 e. The number of halogens is 1. The SMILES string of the molecule is O=C(O)CS[C@H]1c2ccccc2Oc2ccc(F)cc21. The van der Waals surface area contributed by atoms with Gasteiger partial charge in [-0.05, 0) is 24.3 Å². The van der Waals surface area contributed by atoms with Crippen LogP contribution in [0.3, 0.4) is 0 Å². The average Bonchev–Trinajstić information content (AvgIpc) is 2.43. The first-order valence-corrected chi connectivity index (χ1v) is 7.09. The average molecular weight is 290 g/mol. The number of carboxylic acid groups (broad SMARTS) is 1. The van der Waals surface area contributed by atoms with Gasteiger partial charge in [0, 0.05) is 11.1 Å². The van der Waals surface area contributed by atoms with Gasteiger partial charge in [-0.2, -0.15) is 0 Å². The fourth-order valence-electron chi connectivity index (χ4n) is 2.23. The molecule has 0 amide bonds. The van der Waals surface area contributed by atoms with Crippen LogP contribution in [0.5, 0.6) is 11.5 Å². The topological polar surface area (TPSA) is 46.5 Å². The third-order valence-electron chi connectivity index (χ3n) is 3.05. The zero-order valence-corrected chi connectivity index (χ0v) is 11.2. The van der Waals surface area contributed by atoms with Crippen LogP contribution in [0.1, 0.15) is 16.4 Å². The van der Waals surface area contributed by atoms with Crippen LogP contribution in [0.2, 0.25) is 0 Å². The highest BCUT2D eigenvalue weighted by molar-refractivity contribution is 8.00. The summed E-state index contributed by atoms with van der Waals surface area (Å²) in [4.78, 5) is 10.8. The van der Waals surface area contributed by atoms with E-state index in [1.54, 1.807) is 6.07 Å². The summed E-state index contributed by atoms with van der Waals surface area (Å²) in [6.07, 6.45) is 0. The van der Waals surface area contributed by atoms with E-state index in [0.717, 1.165) is 5.56 Å². The Bertz CT molecular complexity index is 672. The number of aliphatic carboxylic acids is 1. The fourth-order valence-corrected chi connectivity index (χ4v) is 3.27. The molecule has 1 atom stereocenters. The molecular weight excluding hydrogens is 279 g/mol. The van der Waals surface area contributed by atoms with Crippen molar-refractivity contribution in [2.24, 2.45) is 0 Å². The largest absolute Gasteiger partial charge is 0.481 e. The lowest BCUT2D eigenvalue weighted by molar-refractivity contribution is -0.133. The van der Waals surface area contributed by atoms with Crippen LogP contribution in [0.15, 0.2) is 42.5 Å². The fraction of sp³-hybridized carbons (Fsp3) is 0.133. The molecule has 1 aliphatic heterocycles. The Labute approximate surface area is 119 Å². The molecule has 1 aliphatic rings. The predicted octanol–water partition coefficient (Wildman–Crippen LogP) is 3.84. The first-order chi connectivity index (χ1) is 9.65. The summed E-state index contributed by atoms with van der Waals surface area (Å²) in [5.41, 5.74) is 1.55. The zero-order valence-electron chi connectivity index (χ0n) is 10.4.